The minimum atomic E-state index is -0.323. The molecule has 1 heterocycles. The van der Waals surface area contributed by atoms with Crippen LogP contribution in [0.2, 0.25) is 10.0 Å². The molecule has 3 aromatic carbocycles. The van der Waals surface area contributed by atoms with E-state index in [9.17, 15) is 9.59 Å². The highest BCUT2D eigenvalue weighted by Crippen LogP contribution is 2.37. The normalized spacial score (nSPS) is 12.7. The first-order valence-electron chi connectivity index (χ1n) is 7.62. The van der Waals surface area contributed by atoms with Crippen LogP contribution in [0.25, 0.3) is 10.8 Å². The first kappa shape index (κ1) is 15.9. The molecule has 1 aliphatic heterocycles. The van der Waals surface area contributed by atoms with Gasteiger partial charge in [0.1, 0.15) is 6.54 Å². The maximum Gasteiger partial charge on any atom is 0.259 e. The highest BCUT2D eigenvalue weighted by molar-refractivity contribution is 6.35. The number of hydrogen-bond acceptors (Lipinski definition) is 2. The van der Waals surface area contributed by atoms with Crippen molar-refractivity contribution in [1.29, 1.82) is 0 Å². The molecule has 4 rings (SSSR count). The van der Waals surface area contributed by atoms with Crippen molar-refractivity contribution >= 4 is 57.2 Å². The van der Waals surface area contributed by atoms with Crippen LogP contribution in [-0.4, -0.2) is 18.4 Å². The summed E-state index contributed by atoms with van der Waals surface area (Å²) in [5.74, 6) is -0.498. The van der Waals surface area contributed by atoms with Crippen LogP contribution in [-0.2, 0) is 4.79 Å². The molecule has 0 spiro atoms. The largest absolute Gasteiger partial charge is 0.324 e. The zero-order valence-electron chi connectivity index (χ0n) is 12.9. The summed E-state index contributed by atoms with van der Waals surface area (Å²) in [5.41, 5.74) is 1.86. The summed E-state index contributed by atoms with van der Waals surface area (Å²) in [7, 11) is 0. The lowest BCUT2D eigenvalue weighted by molar-refractivity contribution is -0.114. The number of benzene rings is 3. The summed E-state index contributed by atoms with van der Waals surface area (Å²) in [6.45, 7) is -0.0865. The van der Waals surface area contributed by atoms with Crippen molar-refractivity contribution in [3.63, 3.8) is 0 Å². The van der Waals surface area contributed by atoms with Gasteiger partial charge in [-0.2, -0.15) is 0 Å². The first-order chi connectivity index (χ1) is 12.0. The van der Waals surface area contributed by atoms with Gasteiger partial charge in [0, 0.05) is 26.7 Å². The molecule has 1 N–H and O–H groups in total. The smallest absolute Gasteiger partial charge is 0.259 e. The quantitative estimate of drug-likeness (QED) is 0.723. The van der Waals surface area contributed by atoms with Crippen LogP contribution in [0.4, 0.5) is 11.4 Å². The lowest BCUT2D eigenvalue weighted by Crippen LogP contribution is -2.35. The van der Waals surface area contributed by atoms with E-state index < -0.39 is 0 Å². The van der Waals surface area contributed by atoms with Gasteiger partial charge in [-0.3, -0.25) is 14.5 Å². The van der Waals surface area contributed by atoms with Crippen molar-refractivity contribution < 1.29 is 9.59 Å². The Morgan fingerprint density at radius 3 is 2.40 bits per heavy atom. The lowest BCUT2D eigenvalue weighted by atomic mass is 10.1. The average Bonchev–Trinajstić information content (AvgIpc) is 2.82. The van der Waals surface area contributed by atoms with E-state index in [2.05, 4.69) is 5.32 Å². The number of halogens is 2. The van der Waals surface area contributed by atoms with Gasteiger partial charge in [-0.15, -0.1) is 0 Å². The third-order valence-electron chi connectivity index (χ3n) is 4.10. The predicted octanol–water partition coefficient (Wildman–Crippen LogP) is 4.75. The van der Waals surface area contributed by atoms with E-state index in [-0.39, 0.29) is 18.4 Å². The molecular formula is C19H12Cl2N2O2. The fourth-order valence-corrected chi connectivity index (χ4v) is 3.63. The van der Waals surface area contributed by atoms with E-state index in [4.69, 9.17) is 23.2 Å². The van der Waals surface area contributed by atoms with Gasteiger partial charge in [0.05, 0.1) is 5.69 Å². The molecular weight excluding hydrogens is 359 g/mol. The minimum Gasteiger partial charge on any atom is -0.324 e. The maximum absolute atomic E-state index is 12.7. The van der Waals surface area contributed by atoms with Crippen LogP contribution in [0.5, 0.6) is 0 Å². The second kappa shape index (κ2) is 6.06. The molecule has 124 valence electrons. The van der Waals surface area contributed by atoms with Gasteiger partial charge in [0.25, 0.3) is 5.91 Å². The summed E-state index contributed by atoms with van der Waals surface area (Å²) >= 11 is 11.9. The number of amides is 2. The van der Waals surface area contributed by atoms with Gasteiger partial charge in [-0.1, -0.05) is 47.5 Å². The molecule has 25 heavy (non-hydrogen) atoms. The molecule has 4 nitrogen and oxygen atoms in total. The predicted molar refractivity (Wildman–Crippen MR) is 101 cm³/mol. The Bertz CT molecular complexity index is 1010. The number of hydrogen-bond donors (Lipinski definition) is 1. The summed E-state index contributed by atoms with van der Waals surface area (Å²) < 4.78 is 0. The SMILES string of the molecule is O=C(CN1C(=O)c2cccc3cccc1c23)Nc1cc(Cl)cc(Cl)c1. The molecule has 0 atom stereocenters. The number of nitrogens with one attached hydrogen (secondary N) is 1. The Morgan fingerprint density at radius 2 is 1.68 bits per heavy atom. The Labute approximate surface area is 153 Å². The first-order valence-corrected chi connectivity index (χ1v) is 8.38. The molecule has 0 aliphatic carbocycles. The van der Waals surface area contributed by atoms with Crippen molar-refractivity contribution in [3.8, 4) is 0 Å². The second-order valence-corrected chi connectivity index (χ2v) is 6.65. The topological polar surface area (TPSA) is 49.4 Å². The molecule has 2 amide bonds. The minimum absolute atomic E-state index is 0.0865. The van der Waals surface area contributed by atoms with Crippen LogP contribution in [0.3, 0.4) is 0 Å². The molecule has 0 aromatic heterocycles. The van der Waals surface area contributed by atoms with E-state index in [0.717, 1.165) is 16.5 Å². The van der Waals surface area contributed by atoms with E-state index >= 15 is 0 Å². The molecule has 0 fully saturated rings. The highest BCUT2D eigenvalue weighted by Gasteiger charge is 2.30. The number of carbonyl (C=O) groups excluding carboxylic acids is 2. The summed E-state index contributed by atoms with van der Waals surface area (Å²) in [5, 5.41) is 5.45. The van der Waals surface area contributed by atoms with Gasteiger partial charge in [-0.25, -0.2) is 0 Å². The number of carbonyl (C=O) groups is 2. The van der Waals surface area contributed by atoms with Crippen LogP contribution in [0.15, 0.2) is 54.6 Å². The van der Waals surface area contributed by atoms with Crippen LogP contribution in [0, 0.1) is 0 Å². The molecule has 0 saturated heterocycles. The van der Waals surface area contributed by atoms with Crippen molar-refractivity contribution in [2.24, 2.45) is 0 Å². The van der Waals surface area contributed by atoms with Crippen molar-refractivity contribution in [2.75, 3.05) is 16.8 Å². The van der Waals surface area contributed by atoms with E-state index in [0.29, 0.717) is 21.3 Å². The molecule has 3 aromatic rings. The lowest BCUT2D eigenvalue weighted by Gasteiger charge is -2.17. The second-order valence-electron chi connectivity index (χ2n) is 5.78. The molecule has 1 aliphatic rings. The number of anilines is 2. The molecule has 0 radical (unpaired) electrons. The van der Waals surface area contributed by atoms with E-state index in [1.807, 2.05) is 30.3 Å². The standard InChI is InChI=1S/C19H12Cl2N2O2/c20-12-7-13(21)9-14(8-12)22-17(24)10-23-16-6-2-4-11-3-1-5-15(18(11)16)19(23)25/h1-9H,10H2,(H,22,24). The van der Waals surface area contributed by atoms with Crippen molar-refractivity contribution in [3.05, 3.63) is 70.2 Å². The van der Waals surface area contributed by atoms with Gasteiger partial charge in [0.15, 0.2) is 0 Å². The zero-order valence-corrected chi connectivity index (χ0v) is 14.4. The third-order valence-corrected chi connectivity index (χ3v) is 4.53. The maximum atomic E-state index is 12.7. The zero-order chi connectivity index (χ0) is 17.6. The van der Waals surface area contributed by atoms with Crippen LogP contribution in [0.1, 0.15) is 10.4 Å². The summed E-state index contributed by atoms with van der Waals surface area (Å²) in [6, 6.07) is 16.0. The monoisotopic (exact) mass is 370 g/mol. The van der Waals surface area contributed by atoms with Gasteiger partial charge < -0.3 is 5.32 Å². The van der Waals surface area contributed by atoms with Crippen LogP contribution < -0.4 is 10.2 Å². The van der Waals surface area contributed by atoms with E-state index in [1.54, 1.807) is 24.3 Å². The van der Waals surface area contributed by atoms with Crippen molar-refractivity contribution in [2.45, 2.75) is 0 Å². The third kappa shape index (κ3) is 2.84. The van der Waals surface area contributed by atoms with E-state index in [1.165, 1.54) is 4.90 Å². The summed E-state index contributed by atoms with van der Waals surface area (Å²) in [6.07, 6.45) is 0. The van der Waals surface area contributed by atoms with Gasteiger partial charge in [0.2, 0.25) is 5.91 Å². The molecule has 0 unspecified atom stereocenters. The molecule has 6 heteroatoms. The number of rotatable bonds is 3. The fourth-order valence-electron chi connectivity index (χ4n) is 3.11. The average molecular weight is 371 g/mol. The fraction of sp³-hybridized carbons (Fsp3) is 0.0526. The van der Waals surface area contributed by atoms with Gasteiger partial charge >= 0.3 is 0 Å². The Kier molecular flexibility index (Phi) is 3.86. The Morgan fingerprint density at radius 1 is 1.00 bits per heavy atom. The summed E-state index contributed by atoms with van der Waals surface area (Å²) in [4.78, 5) is 26.6. The highest BCUT2D eigenvalue weighted by atomic mass is 35.5. The molecule has 0 bridgehead atoms. The van der Waals surface area contributed by atoms with Crippen molar-refractivity contribution in [1.82, 2.24) is 0 Å². The number of nitrogens with zero attached hydrogens (tertiary/aromatic N) is 1. The van der Waals surface area contributed by atoms with Crippen LogP contribution >= 0.6 is 23.2 Å². The Balaban J connectivity index is 1.60. The molecule has 0 saturated carbocycles. The van der Waals surface area contributed by atoms with Gasteiger partial charge in [-0.05, 0) is 35.7 Å². The Hall–Kier alpha value is -2.56.